The van der Waals surface area contributed by atoms with Crippen molar-refractivity contribution < 1.29 is 4.79 Å². The lowest BCUT2D eigenvalue weighted by molar-refractivity contribution is -0.121. The molecule has 0 spiro atoms. The molecule has 1 rings (SSSR count). The molecule has 0 aliphatic heterocycles. The zero-order valence-corrected chi connectivity index (χ0v) is 10.5. The van der Waals surface area contributed by atoms with Crippen LogP contribution < -0.4 is 11.1 Å². The summed E-state index contributed by atoms with van der Waals surface area (Å²) in [5.41, 5.74) is 5.53. The van der Waals surface area contributed by atoms with Gasteiger partial charge in [0.1, 0.15) is 5.54 Å². The van der Waals surface area contributed by atoms with Gasteiger partial charge in [0.25, 0.3) is 0 Å². The van der Waals surface area contributed by atoms with E-state index in [0.29, 0.717) is 6.42 Å². The molecule has 3 N–H and O–H groups in total. The standard InChI is InChI=1S/C11H15BrN2O/c1-3-11(2,10(13)15)14-9-7-5-4-6-8(9)12/h4-7,14H,3H2,1-2H3,(H2,13,15). The van der Waals surface area contributed by atoms with Crippen LogP contribution in [0.5, 0.6) is 0 Å². The van der Waals surface area contributed by atoms with Crippen molar-refractivity contribution in [3.05, 3.63) is 28.7 Å². The van der Waals surface area contributed by atoms with Crippen LogP contribution in [0, 0.1) is 0 Å². The Morgan fingerprint density at radius 3 is 2.60 bits per heavy atom. The Morgan fingerprint density at radius 2 is 2.13 bits per heavy atom. The Hall–Kier alpha value is -1.03. The van der Waals surface area contributed by atoms with E-state index in [9.17, 15) is 4.79 Å². The molecular weight excluding hydrogens is 256 g/mol. The van der Waals surface area contributed by atoms with E-state index >= 15 is 0 Å². The van der Waals surface area contributed by atoms with Crippen molar-refractivity contribution in [3.63, 3.8) is 0 Å². The van der Waals surface area contributed by atoms with Gasteiger partial charge in [0.15, 0.2) is 0 Å². The van der Waals surface area contributed by atoms with Crippen molar-refractivity contribution in [1.82, 2.24) is 0 Å². The number of benzene rings is 1. The monoisotopic (exact) mass is 270 g/mol. The van der Waals surface area contributed by atoms with Crippen LogP contribution in [0.4, 0.5) is 5.69 Å². The predicted molar refractivity (Wildman–Crippen MR) is 65.7 cm³/mol. The second kappa shape index (κ2) is 4.66. The van der Waals surface area contributed by atoms with Gasteiger partial charge in [0.2, 0.25) is 5.91 Å². The minimum Gasteiger partial charge on any atom is -0.371 e. The molecule has 0 saturated heterocycles. The highest BCUT2D eigenvalue weighted by molar-refractivity contribution is 9.10. The van der Waals surface area contributed by atoms with Crippen LogP contribution in [-0.2, 0) is 4.79 Å². The number of anilines is 1. The van der Waals surface area contributed by atoms with Crippen LogP contribution in [0.2, 0.25) is 0 Å². The van der Waals surface area contributed by atoms with E-state index in [1.54, 1.807) is 6.92 Å². The third kappa shape index (κ3) is 2.72. The average Bonchev–Trinajstić information content (AvgIpc) is 2.21. The molecule has 1 amide bonds. The van der Waals surface area contributed by atoms with Crippen LogP contribution in [0.1, 0.15) is 20.3 Å². The molecule has 15 heavy (non-hydrogen) atoms. The van der Waals surface area contributed by atoms with Gasteiger partial charge in [-0.05, 0) is 41.4 Å². The maximum absolute atomic E-state index is 11.3. The molecule has 1 aromatic carbocycles. The van der Waals surface area contributed by atoms with Gasteiger partial charge in [-0.2, -0.15) is 0 Å². The van der Waals surface area contributed by atoms with E-state index in [-0.39, 0.29) is 5.91 Å². The number of para-hydroxylation sites is 1. The molecule has 0 radical (unpaired) electrons. The van der Waals surface area contributed by atoms with Crippen LogP contribution in [0.15, 0.2) is 28.7 Å². The van der Waals surface area contributed by atoms with Gasteiger partial charge in [-0.25, -0.2) is 0 Å². The van der Waals surface area contributed by atoms with Gasteiger partial charge in [-0.1, -0.05) is 19.1 Å². The van der Waals surface area contributed by atoms with Crippen LogP contribution >= 0.6 is 15.9 Å². The van der Waals surface area contributed by atoms with Crippen molar-refractivity contribution in [1.29, 1.82) is 0 Å². The quantitative estimate of drug-likeness (QED) is 0.884. The summed E-state index contributed by atoms with van der Waals surface area (Å²) in [6.45, 7) is 3.73. The summed E-state index contributed by atoms with van der Waals surface area (Å²) in [7, 11) is 0. The van der Waals surface area contributed by atoms with Crippen molar-refractivity contribution in [2.75, 3.05) is 5.32 Å². The molecule has 0 fully saturated rings. The van der Waals surface area contributed by atoms with Crippen LogP contribution in [0.25, 0.3) is 0 Å². The Balaban J connectivity index is 2.94. The molecule has 1 atom stereocenters. The molecule has 0 aliphatic rings. The first-order valence-electron chi connectivity index (χ1n) is 4.82. The van der Waals surface area contributed by atoms with E-state index in [0.717, 1.165) is 10.2 Å². The van der Waals surface area contributed by atoms with Crippen LogP contribution in [0.3, 0.4) is 0 Å². The molecule has 3 nitrogen and oxygen atoms in total. The topological polar surface area (TPSA) is 55.1 Å². The first-order valence-corrected chi connectivity index (χ1v) is 5.61. The molecule has 0 aliphatic carbocycles. The predicted octanol–water partition coefficient (Wildman–Crippen LogP) is 2.51. The number of nitrogens with one attached hydrogen (secondary N) is 1. The number of halogens is 1. The summed E-state index contributed by atoms with van der Waals surface area (Å²) >= 11 is 3.41. The van der Waals surface area contributed by atoms with Crippen molar-refractivity contribution in [2.24, 2.45) is 5.73 Å². The van der Waals surface area contributed by atoms with Gasteiger partial charge in [0, 0.05) is 10.2 Å². The summed E-state index contributed by atoms with van der Waals surface area (Å²) < 4.78 is 0.922. The lowest BCUT2D eigenvalue weighted by Gasteiger charge is -2.27. The summed E-state index contributed by atoms with van der Waals surface area (Å²) in [5, 5.41) is 3.15. The van der Waals surface area contributed by atoms with Crippen molar-refractivity contribution in [3.8, 4) is 0 Å². The van der Waals surface area contributed by atoms with Crippen molar-refractivity contribution >= 4 is 27.5 Å². The lowest BCUT2D eigenvalue weighted by Crippen LogP contribution is -2.47. The molecule has 0 bridgehead atoms. The van der Waals surface area contributed by atoms with Gasteiger partial charge < -0.3 is 11.1 Å². The summed E-state index contributed by atoms with van der Waals surface area (Å²) in [6.07, 6.45) is 0.643. The van der Waals surface area contributed by atoms with E-state index in [4.69, 9.17) is 5.73 Å². The molecule has 4 heteroatoms. The van der Waals surface area contributed by atoms with Crippen molar-refractivity contribution in [2.45, 2.75) is 25.8 Å². The fourth-order valence-corrected chi connectivity index (χ4v) is 1.57. The number of carbonyl (C=O) groups excluding carboxylic acids is 1. The number of primary amides is 1. The highest BCUT2D eigenvalue weighted by Crippen LogP contribution is 2.25. The highest BCUT2D eigenvalue weighted by Gasteiger charge is 2.28. The summed E-state index contributed by atoms with van der Waals surface area (Å²) in [4.78, 5) is 11.3. The number of rotatable bonds is 4. The number of nitrogens with two attached hydrogens (primary N) is 1. The molecule has 0 aromatic heterocycles. The largest absolute Gasteiger partial charge is 0.371 e. The fourth-order valence-electron chi connectivity index (χ4n) is 1.18. The minimum absolute atomic E-state index is 0.347. The van der Waals surface area contributed by atoms with E-state index in [2.05, 4.69) is 21.2 Å². The lowest BCUT2D eigenvalue weighted by atomic mass is 9.97. The molecule has 82 valence electrons. The number of amides is 1. The minimum atomic E-state index is -0.704. The third-order valence-corrected chi connectivity index (χ3v) is 3.23. The molecule has 0 saturated carbocycles. The van der Waals surface area contributed by atoms with E-state index < -0.39 is 5.54 Å². The van der Waals surface area contributed by atoms with Gasteiger partial charge in [-0.15, -0.1) is 0 Å². The number of carbonyl (C=O) groups is 1. The SMILES string of the molecule is CCC(C)(Nc1ccccc1Br)C(N)=O. The average molecular weight is 271 g/mol. The first kappa shape index (κ1) is 12.0. The molecular formula is C11H15BrN2O. The Bertz CT molecular complexity index is 367. The second-order valence-corrected chi connectivity index (χ2v) is 4.51. The summed E-state index contributed by atoms with van der Waals surface area (Å²) in [5.74, 6) is -0.347. The maximum Gasteiger partial charge on any atom is 0.242 e. The molecule has 1 aromatic rings. The molecule has 1 unspecified atom stereocenters. The second-order valence-electron chi connectivity index (χ2n) is 3.65. The Labute approximate surface area is 98.2 Å². The zero-order valence-electron chi connectivity index (χ0n) is 8.88. The molecule has 0 heterocycles. The first-order chi connectivity index (χ1) is 6.99. The number of hydrogen-bond acceptors (Lipinski definition) is 2. The Kier molecular flexibility index (Phi) is 3.74. The maximum atomic E-state index is 11.3. The normalized spacial score (nSPS) is 14.3. The zero-order chi connectivity index (χ0) is 11.5. The van der Waals surface area contributed by atoms with E-state index in [1.165, 1.54) is 0 Å². The highest BCUT2D eigenvalue weighted by atomic mass is 79.9. The van der Waals surface area contributed by atoms with Crippen LogP contribution in [-0.4, -0.2) is 11.4 Å². The van der Waals surface area contributed by atoms with E-state index in [1.807, 2.05) is 31.2 Å². The summed E-state index contributed by atoms with van der Waals surface area (Å²) in [6, 6.07) is 7.65. The number of hydrogen-bond donors (Lipinski definition) is 2. The Morgan fingerprint density at radius 1 is 1.53 bits per heavy atom. The van der Waals surface area contributed by atoms with Gasteiger partial charge in [-0.3, -0.25) is 4.79 Å². The smallest absolute Gasteiger partial charge is 0.242 e. The van der Waals surface area contributed by atoms with Gasteiger partial charge in [0.05, 0.1) is 0 Å². The fraction of sp³-hybridized carbons (Fsp3) is 0.364. The third-order valence-electron chi connectivity index (χ3n) is 2.54. The van der Waals surface area contributed by atoms with Gasteiger partial charge >= 0.3 is 0 Å².